The molecule has 8 nitrogen and oxygen atoms in total. The van der Waals surface area contributed by atoms with Crippen molar-refractivity contribution in [3.63, 3.8) is 0 Å². The zero-order valence-corrected chi connectivity index (χ0v) is 27.6. The maximum Gasteiger partial charge on any atom is 0.420 e. The van der Waals surface area contributed by atoms with E-state index in [-0.39, 0.29) is 28.0 Å². The number of amides is 1. The lowest BCUT2D eigenvalue weighted by molar-refractivity contribution is -0.144. The standard InChI is InChI=1S/C34H30BrF5N2O6/c1-5-48-27(44)16-25(22-14-19(13-18(3)29(22)37)28-17(2)7-6-8-26(28)43)41-32(45)30(21-15-20(35)9-10-24(21)36)42-12-11-23(34(38,39)40)31(47-4)33(42)46/h6-15,25,30,43H,5,16H2,1-4H3,(H,41,45)/t25-,30?/m0/s1. The first kappa shape index (κ1) is 36.1. The van der Waals surface area contributed by atoms with Gasteiger partial charge in [0, 0.05) is 27.4 Å². The van der Waals surface area contributed by atoms with Crippen molar-refractivity contribution in [1.82, 2.24) is 9.88 Å². The number of alkyl halides is 3. The number of phenols is 1. The fraction of sp³-hybridized carbons (Fsp3) is 0.265. The topological polar surface area (TPSA) is 107 Å². The normalized spacial score (nSPS) is 12.7. The molecule has 2 N–H and O–H groups in total. The SMILES string of the molecule is CCOC(=O)C[C@H](NC(=O)C(c1cc(Br)ccc1F)n1ccc(C(F)(F)F)c(OC)c1=O)c1cc(-c2c(C)cccc2O)cc(C)c1F. The van der Waals surface area contributed by atoms with Gasteiger partial charge in [-0.05, 0) is 79.9 Å². The predicted octanol–water partition coefficient (Wildman–Crippen LogP) is 7.31. The molecule has 0 aliphatic heterocycles. The van der Waals surface area contributed by atoms with E-state index in [1.165, 1.54) is 38.1 Å². The Kier molecular flexibility index (Phi) is 11.0. The van der Waals surface area contributed by atoms with Crippen molar-refractivity contribution >= 4 is 27.8 Å². The fourth-order valence-corrected chi connectivity index (χ4v) is 5.77. The first-order valence-electron chi connectivity index (χ1n) is 14.4. The molecule has 1 unspecified atom stereocenters. The number of aromatic nitrogens is 1. The number of aromatic hydroxyl groups is 1. The molecule has 0 radical (unpaired) electrons. The van der Waals surface area contributed by atoms with Gasteiger partial charge in [0.15, 0.2) is 5.75 Å². The van der Waals surface area contributed by atoms with Crippen LogP contribution in [0.15, 0.2) is 70.1 Å². The van der Waals surface area contributed by atoms with Crippen LogP contribution >= 0.6 is 15.9 Å². The van der Waals surface area contributed by atoms with Crippen LogP contribution in [-0.4, -0.2) is 35.3 Å². The van der Waals surface area contributed by atoms with Gasteiger partial charge in [-0.3, -0.25) is 19.0 Å². The van der Waals surface area contributed by atoms with Crippen LogP contribution in [-0.2, 0) is 20.5 Å². The highest BCUT2D eigenvalue weighted by Crippen LogP contribution is 2.38. The van der Waals surface area contributed by atoms with Gasteiger partial charge in [0.1, 0.15) is 29.0 Å². The third-order valence-corrected chi connectivity index (χ3v) is 8.05. The molecule has 14 heteroatoms. The zero-order valence-electron chi connectivity index (χ0n) is 26.0. The zero-order chi connectivity index (χ0) is 35.5. The number of benzene rings is 3. The number of hydrogen-bond donors (Lipinski definition) is 2. The Bertz CT molecular complexity index is 1910. The smallest absolute Gasteiger partial charge is 0.420 e. The molecule has 254 valence electrons. The molecule has 0 spiro atoms. The van der Waals surface area contributed by atoms with E-state index < -0.39 is 70.6 Å². The Morgan fingerprint density at radius 1 is 1.02 bits per heavy atom. The first-order valence-corrected chi connectivity index (χ1v) is 15.2. The Morgan fingerprint density at radius 2 is 1.73 bits per heavy atom. The molecule has 0 aliphatic carbocycles. The minimum absolute atomic E-state index is 0.0508. The second-order valence-corrected chi connectivity index (χ2v) is 11.7. The van der Waals surface area contributed by atoms with Crippen molar-refractivity contribution in [2.24, 2.45) is 0 Å². The molecule has 0 aliphatic rings. The molecule has 0 saturated carbocycles. The number of pyridine rings is 1. The maximum atomic E-state index is 15.9. The highest BCUT2D eigenvalue weighted by Gasteiger charge is 2.38. The van der Waals surface area contributed by atoms with Crippen LogP contribution in [0.3, 0.4) is 0 Å². The number of nitrogens with zero attached hydrogens (tertiary/aromatic N) is 1. The van der Waals surface area contributed by atoms with Crippen molar-refractivity contribution < 1.29 is 46.1 Å². The number of carbonyl (C=O) groups excluding carboxylic acids is 2. The van der Waals surface area contributed by atoms with E-state index >= 15 is 8.78 Å². The summed E-state index contributed by atoms with van der Waals surface area (Å²) in [5.41, 5.74) is -2.04. The summed E-state index contributed by atoms with van der Waals surface area (Å²) in [5, 5.41) is 13.1. The average Bonchev–Trinajstić information content (AvgIpc) is 3.00. The molecule has 4 aromatic rings. The minimum Gasteiger partial charge on any atom is -0.507 e. The summed E-state index contributed by atoms with van der Waals surface area (Å²) < 4.78 is 83.0. The molecule has 0 bridgehead atoms. The number of aryl methyl sites for hydroxylation is 2. The highest BCUT2D eigenvalue weighted by molar-refractivity contribution is 9.10. The third kappa shape index (κ3) is 7.53. The van der Waals surface area contributed by atoms with Crippen LogP contribution in [0.1, 0.15) is 53.2 Å². The van der Waals surface area contributed by atoms with Crippen LogP contribution in [0.5, 0.6) is 11.5 Å². The number of rotatable bonds is 10. The van der Waals surface area contributed by atoms with Crippen molar-refractivity contribution in [3.05, 3.63) is 115 Å². The number of halogens is 6. The molecule has 4 rings (SSSR count). The minimum atomic E-state index is -5.00. The fourth-order valence-electron chi connectivity index (χ4n) is 5.39. The lowest BCUT2D eigenvalue weighted by Gasteiger charge is -2.26. The average molecular weight is 738 g/mol. The van der Waals surface area contributed by atoms with Gasteiger partial charge in [-0.2, -0.15) is 13.2 Å². The highest BCUT2D eigenvalue weighted by atomic mass is 79.9. The molecular formula is C34H30BrF5N2O6. The van der Waals surface area contributed by atoms with Gasteiger partial charge >= 0.3 is 12.1 Å². The Labute approximate surface area is 280 Å². The van der Waals surface area contributed by atoms with E-state index in [1.807, 2.05) is 0 Å². The van der Waals surface area contributed by atoms with E-state index in [0.717, 1.165) is 19.2 Å². The van der Waals surface area contributed by atoms with Crippen molar-refractivity contribution in [1.29, 1.82) is 0 Å². The Morgan fingerprint density at radius 3 is 2.35 bits per heavy atom. The van der Waals surface area contributed by atoms with Crippen LogP contribution < -0.4 is 15.6 Å². The number of esters is 1. The number of phenolic OH excluding ortho intramolecular Hbond substituents is 1. The largest absolute Gasteiger partial charge is 0.507 e. The summed E-state index contributed by atoms with van der Waals surface area (Å²) in [6.45, 7) is 4.64. The molecule has 1 heterocycles. The van der Waals surface area contributed by atoms with Crippen LogP contribution in [0.25, 0.3) is 11.1 Å². The number of hydrogen-bond acceptors (Lipinski definition) is 6. The van der Waals surface area contributed by atoms with E-state index in [0.29, 0.717) is 33.5 Å². The van der Waals surface area contributed by atoms with Crippen LogP contribution in [0.4, 0.5) is 22.0 Å². The van der Waals surface area contributed by atoms with Gasteiger partial charge in [0.2, 0.25) is 5.91 Å². The first-order chi connectivity index (χ1) is 22.6. The summed E-state index contributed by atoms with van der Waals surface area (Å²) in [6.07, 6.45) is -4.96. The molecule has 3 aromatic carbocycles. The summed E-state index contributed by atoms with van der Waals surface area (Å²) in [6, 6.07) is 8.06. The Hall–Kier alpha value is -4.72. The second-order valence-electron chi connectivity index (χ2n) is 10.8. The van der Waals surface area contributed by atoms with E-state index in [9.17, 15) is 32.7 Å². The second kappa shape index (κ2) is 14.6. The van der Waals surface area contributed by atoms with Crippen molar-refractivity contribution in [2.45, 2.75) is 45.5 Å². The van der Waals surface area contributed by atoms with Crippen LogP contribution in [0.2, 0.25) is 0 Å². The number of nitrogens with one attached hydrogen (secondary N) is 1. The molecule has 0 fully saturated rings. The quantitative estimate of drug-likeness (QED) is 0.131. The van der Waals surface area contributed by atoms with Gasteiger partial charge in [-0.1, -0.05) is 28.1 Å². The lowest BCUT2D eigenvalue weighted by atomic mass is 9.92. The third-order valence-electron chi connectivity index (χ3n) is 7.55. The molecular weight excluding hydrogens is 707 g/mol. The van der Waals surface area contributed by atoms with Gasteiger partial charge in [-0.15, -0.1) is 0 Å². The number of carbonyl (C=O) groups is 2. The number of ether oxygens (including phenoxy) is 2. The van der Waals surface area contributed by atoms with Gasteiger partial charge in [0.05, 0.1) is 26.2 Å². The van der Waals surface area contributed by atoms with Gasteiger partial charge in [0.25, 0.3) is 5.56 Å². The summed E-state index contributed by atoms with van der Waals surface area (Å²) in [5.74, 6) is -5.09. The summed E-state index contributed by atoms with van der Waals surface area (Å²) >= 11 is 3.18. The van der Waals surface area contributed by atoms with E-state index in [2.05, 4.69) is 21.2 Å². The monoisotopic (exact) mass is 736 g/mol. The molecule has 48 heavy (non-hydrogen) atoms. The van der Waals surface area contributed by atoms with Crippen molar-refractivity contribution in [2.75, 3.05) is 13.7 Å². The van der Waals surface area contributed by atoms with Gasteiger partial charge in [-0.25, -0.2) is 8.78 Å². The van der Waals surface area contributed by atoms with E-state index in [4.69, 9.17) is 9.47 Å². The molecule has 1 amide bonds. The van der Waals surface area contributed by atoms with Crippen molar-refractivity contribution in [3.8, 4) is 22.6 Å². The van der Waals surface area contributed by atoms with Crippen LogP contribution in [0, 0.1) is 25.5 Å². The van der Waals surface area contributed by atoms with Gasteiger partial charge < -0.3 is 19.9 Å². The molecule has 2 atom stereocenters. The number of methoxy groups -OCH3 is 1. The molecule has 1 aromatic heterocycles. The predicted molar refractivity (Wildman–Crippen MR) is 170 cm³/mol. The summed E-state index contributed by atoms with van der Waals surface area (Å²) in [4.78, 5) is 40.4. The maximum absolute atomic E-state index is 15.9. The Balaban J connectivity index is 1.93. The lowest BCUT2D eigenvalue weighted by Crippen LogP contribution is -2.41. The summed E-state index contributed by atoms with van der Waals surface area (Å²) in [7, 11) is 0.838. The van der Waals surface area contributed by atoms with E-state index in [1.54, 1.807) is 19.1 Å². The molecule has 0 saturated heterocycles.